The third-order valence-electron chi connectivity index (χ3n) is 8.21. The summed E-state index contributed by atoms with van der Waals surface area (Å²) in [5, 5.41) is 19.4. The van der Waals surface area contributed by atoms with Gasteiger partial charge >= 0.3 is 0 Å². The summed E-state index contributed by atoms with van der Waals surface area (Å²) in [6, 6.07) is 0. The Labute approximate surface area is 205 Å². The van der Waals surface area contributed by atoms with Crippen LogP contribution in [0.3, 0.4) is 0 Å². The molecule has 0 aromatic carbocycles. The normalized spacial score (nSPS) is 28.4. The third-order valence-corrected chi connectivity index (χ3v) is 12.7. The molecule has 2 aliphatic rings. The molecule has 0 spiro atoms. The Hall–Kier alpha value is 0.0169. The van der Waals surface area contributed by atoms with E-state index in [1.165, 1.54) is 51.4 Å². The second-order valence-electron chi connectivity index (χ2n) is 12.0. The van der Waals surface area contributed by atoms with Crippen LogP contribution in [-0.4, -0.2) is 61.8 Å². The smallest absolute Gasteiger partial charge is 0.192 e. The van der Waals surface area contributed by atoms with Crippen molar-refractivity contribution >= 4 is 8.32 Å². The van der Waals surface area contributed by atoms with Crippen LogP contribution in [0, 0.1) is 0 Å². The van der Waals surface area contributed by atoms with Crippen LogP contribution in [0.15, 0.2) is 0 Å². The summed E-state index contributed by atoms with van der Waals surface area (Å²) >= 11 is 0. The van der Waals surface area contributed by atoms with Gasteiger partial charge in [-0.1, -0.05) is 79.1 Å². The molecule has 0 bridgehead atoms. The fourth-order valence-corrected chi connectivity index (χ4v) is 6.33. The van der Waals surface area contributed by atoms with Crippen LogP contribution in [0.1, 0.15) is 111 Å². The summed E-state index contributed by atoms with van der Waals surface area (Å²) in [7, 11) is -1.88. The molecule has 0 aromatic heterocycles. The number of rotatable bonds is 15. The molecule has 2 fully saturated rings. The highest BCUT2D eigenvalue weighted by Crippen LogP contribution is 2.40. The molecule has 33 heavy (non-hydrogen) atoms. The van der Waals surface area contributed by atoms with Crippen LogP contribution < -0.4 is 0 Å². The van der Waals surface area contributed by atoms with Gasteiger partial charge in [0.25, 0.3) is 0 Å². The van der Waals surface area contributed by atoms with Crippen molar-refractivity contribution in [1.82, 2.24) is 0 Å². The lowest BCUT2D eigenvalue weighted by molar-refractivity contribution is -0.113. The SMILES string of the molecule is CCCCCCCCCC[C@@H](O[Si](C)(C)C(C)(C)C)[C@H]1CC[C@H]([C@H]2CC[C@H]([C@H](O)CO)O2)O1. The molecule has 2 N–H and O–H groups in total. The number of ether oxygens (including phenoxy) is 2. The van der Waals surface area contributed by atoms with Gasteiger partial charge in [-0.15, -0.1) is 0 Å². The fourth-order valence-electron chi connectivity index (χ4n) is 4.95. The Morgan fingerprint density at radius 2 is 1.36 bits per heavy atom. The molecule has 196 valence electrons. The second-order valence-corrected chi connectivity index (χ2v) is 16.8. The Balaban J connectivity index is 1.88. The number of aliphatic hydroxyl groups is 2. The van der Waals surface area contributed by atoms with Gasteiger partial charge in [0.1, 0.15) is 6.10 Å². The summed E-state index contributed by atoms with van der Waals surface area (Å²) in [5.41, 5.74) is 0. The molecule has 0 unspecified atom stereocenters. The zero-order chi connectivity index (χ0) is 24.5. The molecule has 0 saturated carbocycles. The van der Waals surface area contributed by atoms with Crippen molar-refractivity contribution in [3.8, 4) is 0 Å². The van der Waals surface area contributed by atoms with Gasteiger partial charge in [-0.25, -0.2) is 0 Å². The number of hydrogen-bond donors (Lipinski definition) is 2. The van der Waals surface area contributed by atoms with Gasteiger partial charge < -0.3 is 24.1 Å². The standard InChI is InChI=1S/C27H54O5Si/c1-7-8-9-10-11-12-13-14-15-26(32-33(5,6)27(2,3)4)25-19-18-24(31-25)23-17-16-22(30-23)21(29)20-28/h21-26,28-29H,7-20H2,1-6H3/t21-,22-,23-,24-,25-,26-/m1/s1. The lowest BCUT2D eigenvalue weighted by Gasteiger charge is -2.41. The van der Waals surface area contributed by atoms with Crippen LogP contribution >= 0.6 is 0 Å². The van der Waals surface area contributed by atoms with Crippen LogP contribution in [-0.2, 0) is 13.9 Å². The van der Waals surface area contributed by atoms with E-state index in [2.05, 4.69) is 40.8 Å². The van der Waals surface area contributed by atoms with Gasteiger partial charge in [-0.3, -0.25) is 0 Å². The summed E-state index contributed by atoms with van der Waals surface area (Å²) in [4.78, 5) is 0. The van der Waals surface area contributed by atoms with Crippen molar-refractivity contribution in [2.75, 3.05) is 6.61 Å². The number of unbranched alkanes of at least 4 members (excludes halogenated alkanes) is 7. The molecule has 5 nitrogen and oxygen atoms in total. The van der Waals surface area contributed by atoms with Gasteiger partial charge in [0.05, 0.1) is 37.1 Å². The zero-order valence-corrected chi connectivity index (χ0v) is 23.5. The quantitative estimate of drug-likeness (QED) is 0.208. The van der Waals surface area contributed by atoms with Crippen LogP contribution in [0.2, 0.25) is 18.1 Å². The lowest BCUT2D eigenvalue weighted by Crippen LogP contribution is -2.47. The maximum Gasteiger partial charge on any atom is 0.192 e. The molecule has 2 saturated heterocycles. The number of hydrogen-bond acceptors (Lipinski definition) is 5. The minimum absolute atomic E-state index is 0.0258. The van der Waals surface area contributed by atoms with Gasteiger partial charge in [-0.05, 0) is 50.2 Å². The van der Waals surface area contributed by atoms with Crippen LogP contribution in [0.5, 0.6) is 0 Å². The van der Waals surface area contributed by atoms with E-state index in [4.69, 9.17) is 13.9 Å². The third kappa shape index (κ3) is 9.19. The maximum absolute atomic E-state index is 9.93. The van der Waals surface area contributed by atoms with Crippen molar-refractivity contribution < 1.29 is 24.1 Å². The molecular formula is C27H54O5Si. The summed E-state index contributed by atoms with van der Waals surface area (Å²) < 4.78 is 19.6. The molecule has 6 heteroatoms. The average Bonchev–Trinajstić information content (AvgIpc) is 3.43. The first-order valence-corrected chi connectivity index (χ1v) is 16.8. The number of aliphatic hydroxyl groups excluding tert-OH is 2. The molecule has 0 aliphatic carbocycles. The average molecular weight is 487 g/mol. The van der Waals surface area contributed by atoms with Gasteiger partial charge in [0.2, 0.25) is 0 Å². The van der Waals surface area contributed by atoms with Crippen molar-refractivity contribution in [3.05, 3.63) is 0 Å². The predicted molar refractivity (Wildman–Crippen MR) is 138 cm³/mol. The maximum atomic E-state index is 9.93. The summed E-state index contributed by atoms with van der Waals surface area (Å²) in [6.07, 6.45) is 14.7. The van der Waals surface area contributed by atoms with Gasteiger partial charge in [0, 0.05) is 0 Å². The van der Waals surface area contributed by atoms with Crippen molar-refractivity contribution in [1.29, 1.82) is 0 Å². The zero-order valence-electron chi connectivity index (χ0n) is 22.5. The van der Waals surface area contributed by atoms with E-state index in [0.717, 1.165) is 32.1 Å². The fraction of sp³-hybridized carbons (Fsp3) is 1.00. The molecule has 0 aromatic rings. The van der Waals surface area contributed by atoms with E-state index in [0.29, 0.717) is 0 Å². The largest absolute Gasteiger partial charge is 0.411 e. The molecule has 6 atom stereocenters. The Kier molecular flexibility index (Phi) is 12.3. The highest BCUT2D eigenvalue weighted by atomic mass is 28.4. The molecule has 2 heterocycles. The lowest BCUT2D eigenvalue weighted by atomic mass is 10.0. The molecule has 0 amide bonds. The molecular weight excluding hydrogens is 432 g/mol. The van der Waals surface area contributed by atoms with E-state index >= 15 is 0 Å². The predicted octanol–water partition coefficient (Wildman–Crippen LogP) is 6.36. The van der Waals surface area contributed by atoms with E-state index < -0.39 is 14.4 Å². The van der Waals surface area contributed by atoms with E-state index in [1.54, 1.807) is 0 Å². The van der Waals surface area contributed by atoms with Crippen molar-refractivity contribution in [2.45, 2.75) is 166 Å². The topological polar surface area (TPSA) is 68.2 Å². The Morgan fingerprint density at radius 1 is 0.848 bits per heavy atom. The second kappa shape index (κ2) is 13.9. The first-order chi connectivity index (χ1) is 15.6. The van der Waals surface area contributed by atoms with Crippen LogP contribution in [0.4, 0.5) is 0 Å². The minimum Gasteiger partial charge on any atom is -0.411 e. The van der Waals surface area contributed by atoms with E-state index in [-0.39, 0.29) is 42.2 Å². The molecule has 2 rings (SSSR count). The van der Waals surface area contributed by atoms with E-state index in [1.807, 2.05) is 0 Å². The summed E-state index contributed by atoms with van der Waals surface area (Å²) in [6.45, 7) is 13.7. The Bertz CT molecular complexity index is 535. The van der Waals surface area contributed by atoms with Gasteiger partial charge in [-0.2, -0.15) is 0 Å². The highest BCUT2D eigenvalue weighted by Gasteiger charge is 2.44. The van der Waals surface area contributed by atoms with Crippen molar-refractivity contribution in [2.24, 2.45) is 0 Å². The van der Waals surface area contributed by atoms with Crippen molar-refractivity contribution in [3.63, 3.8) is 0 Å². The first kappa shape index (κ1) is 29.2. The minimum atomic E-state index is -1.88. The molecule has 0 radical (unpaired) electrons. The van der Waals surface area contributed by atoms with E-state index in [9.17, 15) is 10.2 Å². The summed E-state index contributed by atoms with van der Waals surface area (Å²) in [5.74, 6) is 0. The van der Waals surface area contributed by atoms with Crippen LogP contribution in [0.25, 0.3) is 0 Å². The first-order valence-electron chi connectivity index (χ1n) is 13.9. The Morgan fingerprint density at radius 3 is 1.91 bits per heavy atom. The van der Waals surface area contributed by atoms with Gasteiger partial charge in [0.15, 0.2) is 8.32 Å². The highest BCUT2D eigenvalue weighted by molar-refractivity contribution is 6.74. The monoisotopic (exact) mass is 486 g/mol. The molecule has 2 aliphatic heterocycles.